The van der Waals surface area contributed by atoms with Crippen LogP contribution in [0.25, 0.3) is 10.4 Å². The molecule has 0 fully saturated rings. The van der Waals surface area contributed by atoms with E-state index in [2.05, 4.69) is 13.8 Å². The van der Waals surface area contributed by atoms with E-state index in [0.717, 1.165) is 12.3 Å². The van der Waals surface area contributed by atoms with E-state index in [1.54, 1.807) is 0 Å². The van der Waals surface area contributed by atoms with Gasteiger partial charge >= 0.3 is 5.97 Å². The van der Waals surface area contributed by atoms with Crippen LogP contribution in [0.1, 0.15) is 10.4 Å². The molecule has 1 N–H and O–H groups in total. The number of rotatable bonds is 3. The van der Waals surface area contributed by atoms with Gasteiger partial charge in [0.2, 0.25) is 5.09 Å². The molecule has 1 heterocycles. The molecule has 9 heteroatoms. The molecule has 0 aliphatic carbocycles. The summed E-state index contributed by atoms with van der Waals surface area (Å²) in [4.78, 5) is 12.4. The van der Waals surface area contributed by atoms with Gasteiger partial charge in [-0.05, 0) is 5.53 Å². The Kier molecular flexibility index (Phi) is 2.45. The van der Waals surface area contributed by atoms with Gasteiger partial charge in [0.25, 0.3) is 10.0 Å². The molecule has 8 nitrogen and oxygen atoms in total. The smallest absolute Gasteiger partial charge is 0.339 e. The van der Waals surface area contributed by atoms with Gasteiger partial charge in [0, 0.05) is 15.5 Å². The predicted octanol–water partition coefficient (Wildman–Crippen LogP) is 0.977. The summed E-state index contributed by atoms with van der Waals surface area (Å²) in [7, 11) is -4.24. The van der Waals surface area contributed by atoms with Crippen molar-refractivity contribution in [2.75, 3.05) is 0 Å². The molecule has 1 rings (SSSR count). The van der Waals surface area contributed by atoms with Crippen molar-refractivity contribution in [3.8, 4) is 0 Å². The molecule has 0 aliphatic rings. The first kappa shape index (κ1) is 10.1. The van der Waals surface area contributed by atoms with Crippen LogP contribution in [-0.4, -0.2) is 19.5 Å². The molecular formula is C5H3N3O5S. The van der Waals surface area contributed by atoms with Crippen molar-refractivity contribution in [3.63, 3.8) is 0 Å². The maximum Gasteiger partial charge on any atom is 0.339 e. The van der Waals surface area contributed by atoms with E-state index < -0.39 is 21.1 Å². The highest BCUT2D eigenvalue weighted by Crippen LogP contribution is 2.16. The van der Waals surface area contributed by atoms with Crippen molar-refractivity contribution < 1.29 is 22.7 Å². The van der Waals surface area contributed by atoms with Crippen molar-refractivity contribution in [2.45, 2.75) is 5.09 Å². The highest BCUT2D eigenvalue weighted by Gasteiger charge is 2.19. The summed E-state index contributed by atoms with van der Waals surface area (Å²) in [6.07, 6.45) is 0.738. The molecule has 0 radical (unpaired) electrons. The van der Waals surface area contributed by atoms with Crippen LogP contribution in [0.15, 0.2) is 26.4 Å². The lowest BCUT2D eigenvalue weighted by Gasteiger charge is -1.86. The molecule has 0 aliphatic heterocycles. The second-order valence-electron chi connectivity index (χ2n) is 2.11. The van der Waals surface area contributed by atoms with Crippen LogP contribution in [0.3, 0.4) is 0 Å². The number of aromatic carboxylic acids is 1. The Labute approximate surface area is 77.4 Å². The summed E-state index contributed by atoms with van der Waals surface area (Å²) in [5.74, 6) is -1.34. The van der Waals surface area contributed by atoms with Crippen molar-refractivity contribution in [2.24, 2.45) is 4.52 Å². The van der Waals surface area contributed by atoms with Gasteiger partial charge in [0.1, 0.15) is 6.26 Å². The molecule has 74 valence electrons. The average Bonchev–Trinajstić information content (AvgIpc) is 2.51. The zero-order valence-corrected chi connectivity index (χ0v) is 7.30. The fourth-order valence-corrected chi connectivity index (χ4v) is 1.27. The predicted molar refractivity (Wildman–Crippen MR) is 42.0 cm³/mol. The summed E-state index contributed by atoms with van der Waals surface area (Å²) in [5, 5.41) is 7.73. The Morgan fingerprint density at radius 3 is 2.71 bits per heavy atom. The summed E-state index contributed by atoms with van der Waals surface area (Å²) in [6.45, 7) is 0. The van der Waals surface area contributed by atoms with E-state index in [-0.39, 0.29) is 5.56 Å². The van der Waals surface area contributed by atoms with Crippen LogP contribution >= 0.6 is 0 Å². The van der Waals surface area contributed by atoms with Crippen LogP contribution in [0.5, 0.6) is 0 Å². The second kappa shape index (κ2) is 3.40. The Balaban J connectivity index is 3.22. The molecular weight excluding hydrogens is 214 g/mol. The third-order valence-electron chi connectivity index (χ3n) is 1.22. The molecule has 0 unspecified atom stereocenters. The average molecular weight is 217 g/mol. The third-order valence-corrected chi connectivity index (χ3v) is 2.23. The monoisotopic (exact) mass is 217 g/mol. The maximum atomic E-state index is 11.0. The SMILES string of the molecule is [N-]=[N+]=NS(=O)(=O)c1cc(C(=O)O)co1. The number of sulfonamides is 1. The molecule has 0 amide bonds. The zero-order chi connectivity index (χ0) is 10.8. The fourth-order valence-electron chi connectivity index (χ4n) is 0.652. The lowest BCUT2D eigenvalue weighted by molar-refractivity contribution is 0.0696. The van der Waals surface area contributed by atoms with Gasteiger partial charge in [-0.2, -0.15) is 0 Å². The molecule has 0 bridgehead atoms. The fraction of sp³-hybridized carbons (Fsp3) is 0. The van der Waals surface area contributed by atoms with E-state index >= 15 is 0 Å². The van der Waals surface area contributed by atoms with Crippen LogP contribution in [0, 0.1) is 0 Å². The quantitative estimate of drug-likeness (QED) is 0.457. The van der Waals surface area contributed by atoms with Crippen molar-refractivity contribution in [1.29, 1.82) is 0 Å². The topological polar surface area (TPSA) is 133 Å². The number of furan rings is 1. The summed E-state index contributed by atoms with van der Waals surface area (Å²) >= 11 is 0. The summed E-state index contributed by atoms with van der Waals surface area (Å²) < 4.78 is 28.8. The Bertz CT molecular complexity index is 509. The minimum Gasteiger partial charge on any atom is -0.478 e. The Morgan fingerprint density at radius 1 is 1.64 bits per heavy atom. The minimum atomic E-state index is -4.24. The number of hydrogen-bond donors (Lipinski definition) is 1. The zero-order valence-electron chi connectivity index (χ0n) is 6.48. The first-order chi connectivity index (χ1) is 6.47. The molecule has 0 saturated heterocycles. The lowest BCUT2D eigenvalue weighted by atomic mass is 10.4. The minimum absolute atomic E-state index is 0.336. The standard InChI is InChI=1S/C5H3N3O5S/c6-7-8-14(11,12)4-1-3(2-13-4)5(9)10/h1-2H,(H,9,10). The first-order valence-corrected chi connectivity index (χ1v) is 4.54. The maximum absolute atomic E-state index is 11.0. The van der Waals surface area contributed by atoms with Gasteiger partial charge in [0.15, 0.2) is 0 Å². The van der Waals surface area contributed by atoms with Gasteiger partial charge in [-0.3, -0.25) is 0 Å². The molecule has 0 spiro atoms. The third kappa shape index (κ3) is 1.84. The van der Waals surface area contributed by atoms with E-state index in [1.807, 2.05) is 0 Å². The van der Waals surface area contributed by atoms with Crippen LogP contribution in [0.2, 0.25) is 0 Å². The number of carboxylic acid groups (broad SMARTS) is 1. The van der Waals surface area contributed by atoms with Crippen LogP contribution in [0.4, 0.5) is 0 Å². The van der Waals surface area contributed by atoms with E-state index in [1.165, 1.54) is 0 Å². The molecule has 0 atom stereocenters. The number of azide groups is 1. The normalized spacial score (nSPS) is 10.6. The van der Waals surface area contributed by atoms with E-state index in [9.17, 15) is 13.2 Å². The van der Waals surface area contributed by atoms with Gasteiger partial charge in [-0.25, -0.2) is 13.2 Å². The van der Waals surface area contributed by atoms with Crippen molar-refractivity contribution >= 4 is 16.0 Å². The van der Waals surface area contributed by atoms with Gasteiger partial charge in [0.05, 0.1) is 5.56 Å². The largest absolute Gasteiger partial charge is 0.478 e. The highest BCUT2D eigenvalue weighted by atomic mass is 32.2. The second-order valence-corrected chi connectivity index (χ2v) is 3.62. The number of carbonyl (C=O) groups is 1. The molecule has 1 aromatic rings. The molecule has 0 aromatic carbocycles. The van der Waals surface area contributed by atoms with Gasteiger partial charge in [-0.15, -0.1) is 0 Å². The Morgan fingerprint density at radius 2 is 2.29 bits per heavy atom. The van der Waals surface area contributed by atoms with Crippen LogP contribution in [-0.2, 0) is 10.0 Å². The van der Waals surface area contributed by atoms with Gasteiger partial charge < -0.3 is 9.52 Å². The van der Waals surface area contributed by atoms with E-state index in [4.69, 9.17) is 10.6 Å². The lowest BCUT2D eigenvalue weighted by Crippen LogP contribution is -1.94. The first-order valence-electron chi connectivity index (χ1n) is 3.10. The van der Waals surface area contributed by atoms with Crippen molar-refractivity contribution in [1.82, 2.24) is 0 Å². The van der Waals surface area contributed by atoms with E-state index in [0.29, 0.717) is 0 Å². The van der Waals surface area contributed by atoms with Crippen molar-refractivity contribution in [3.05, 3.63) is 28.3 Å². The molecule has 0 saturated carbocycles. The molecule has 14 heavy (non-hydrogen) atoms. The number of nitrogens with zero attached hydrogens (tertiary/aromatic N) is 3. The Hall–Kier alpha value is -1.99. The molecule has 1 aromatic heterocycles. The van der Waals surface area contributed by atoms with Crippen LogP contribution < -0.4 is 0 Å². The summed E-state index contributed by atoms with van der Waals surface area (Å²) in [5.41, 5.74) is 7.56. The van der Waals surface area contributed by atoms with Gasteiger partial charge in [-0.1, -0.05) is 0 Å². The highest BCUT2D eigenvalue weighted by molar-refractivity contribution is 7.89. The summed E-state index contributed by atoms with van der Waals surface area (Å²) in [6, 6.07) is 0.756. The number of hydrogen-bond acceptors (Lipinski definition) is 4. The number of carboxylic acids is 1.